The third kappa shape index (κ3) is 4.18. The Morgan fingerprint density at radius 3 is 2.53 bits per heavy atom. The molecular formula is C15H29N3O. The number of amides is 1. The lowest BCUT2D eigenvalue weighted by Gasteiger charge is -2.35. The number of hydrogen-bond donors (Lipinski definition) is 2. The summed E-state index contributed by atoms with van der Waals surface area (Å²) in [5, 5.41) is 6.42. The smallest absolute Gasteiger partial charge is 0.237 e. The number of carbonyl (C=O) groups excluding carboxylic acids is 1. The Balaban J connectivity index is 1.80. The molecule has 0 aromatic rings. The molecule has 4 nitrogen and oxygen atoms in total. The number of nitrogens with one attached hydrogen (secondary N) is 2. The van der Waals surface area contributed by atoms with Crippen LogP contribution in [0.5, 0.6) is 0 Å². The van der Waals surface area contributed by atoms with Gasteiger partial charge in [-0.1, -0.05) is 19.3 Å². The fourth-order valence-electron chi connectivity index (χ4n) is 3.53. The minimum Gasteiger partial charge on any atom is -0.353 e. The first-order chi connectivity index (χ1) is 9.18. The first-order valence-corrected chi connectivity index (χ1v) is 7.86. The van der Waals surface area contributed by atoms with E-state index in [1.165, 1.54) is 32.1 Å². The van der Waals surface area contributed by atoms with Crippen LogP contribution in [0.4, 0.5) is 0 Å². The summed E-state index contributed by atoms with van der Waals surface area (Å²) in [5.74, 6) is 0.945. The van der Waals surface area contributed by atoms with E-state index in [9.17, 15) is 4.79 Å². The third-order valence-corrected chi connectivity index (χ3v) is 4.72. The number of nitrogens with zero attached hydrogens (tertiary/aromatic N) is 1. The predicted octanol–water partition coefficient (Wildman–Crippen LogP) is 1.37. The Bertz CT molecular complexity index is 281. The van der Waals surface area contributed by atoms with E-state index in [2.05, 4.69) is 29.6 Å². The van der Waals surface area contributed by atoms with Crippen LogP contribution >= 0.6 is 0 Å². The van der Waals surface area contributed by atoms with Gasteiger partial charge in [-0.15, -0.1) is 0 Å². The molecule has 1 amide bonds. The van der Waals surface area contributed by atoms with Gasteiger partial charge in [0.05, 0.1) is 6.04 Å². The predicted molar refractivity (Wildman–Crippen MR) is 78.1 cm³/mol. The average molecular weight is 267 g/mol. The van der Waals surface area contributed by atoms with Crippen LogP contribution in [0.25, 0.3) is 0 Å². The molecule has 2 aliphatic rings. The van der Waals surface area contributed by atoms with Crippen LogP contribution < -0.4 is 10.6 Å². The van der Waals surface area contributed by atoms with E-state index < -0.39 is 0 Å². The van der Waals surface area contributed by atoms with Crippen molar-refractivity contribution in [2.75, 3.05) is 27.2 Å². The Labute approximate surface area is 117 Å². The van der Waals surface area contributed by atoms with E-state index in [0.717, 1.165) is 31.8 Å². The van der Waals surface area contributed by atoms with Crippen LogP contribution in [0, 0.1) is 5.92 Å². The Morgan fingerprint density at radius 1 is 1.21 bits per heavy atom. The molecule has 1 aliphatic carbocycles. The molecule has 1 saturated carbocycles. The van der Waals surface area contributed by atoms with Gasteiger partial charge in [0.25, 0.3) is 0 Å². The SMILES string of the molecule is CN(C)C(CNC(=O)[C@@H]1CCCN1)C1CCCCC1. The highest BCUT2D eigenvalue weighted by Crippen LogP contribution is 2.28. The van der Waals surface area contributed by atoms with Gasteiger partial charge in [0.1, 0.15) is 0 Å². The molecular weight excluding hydrogens is 238 g/mol. The zero-order valence-electron chi connectivity index (χ0n) is 12.5. The monoisotopic (exact) mass is 267 g/mol. The summed E-state index contributed by atoms with van der Waals surface area (Å²) in [7, 11) is 4.28. The van der Waals surface area contributed by atoms with Gasteiger partial charge in [0.2, 0.25) is 5.91 Å². The van der Waals surface area contributed by atoms with Gasteiger partial charge in [-0.05, 0) is 52.2 Å². The number of carbonyl (C=O) groups is 1. The first kappa shape index (κ1) is 14.8. The van der Waals surface area contributed by atoms with Gasteiger partial charge >= 0.3 is 0 Å². The highest BCUT2D eigenvalue weighted by atomic mass is 16.2. The Morgan fingerprint density at radius 2 is 1.95 bits per heavy atom. The van der Waals surface area contributed by atoms with Gasteiger partial charge in [0, 0.05) is 12.6 Å². The normalized spacial score (nSPS) is 26.6. The molecule has 1 heterocycles. The van der Waals surface area contributed by atoms with E-state index in [4.69, 9.17) is 0 Å². The van der Waals surface area contributed by atoms with Crippen LogP contribution in [0.2, 0.25) is 0 Å². The summed E-state index contributed by atoms with van der Waals surface area (Å²) in [4.78, 5) is 14.4. The van der Waals surface area contributed by atoms with Gasteiger partial charge in [0.15, 0.2) is 0 Å². The van der Waals surface area contributed by atoms with Crippen molar-refractivity contribution in [1.29, 1.82) is 0 Å². The van der Waals surface area contributed by atoms with Crippen molar-refractivity contribution in [3.8, 4) is 0 Å². The molecule has 0 radical (unpaired) electrons. The van der Waals surface area contributed by atoms with Crippen molar-refractivity contribution in [2.45, 2.75) is 57.0 Å². The molecule has 4 heteroatoms. The minimum atomic E-state index is 0.0502. The van der Waals surface area contributed by atoms with Crippen LogP contribution in [-0.4, -0.2) is 50.1 Å². The van der Waals surface area contributed by atoms with Crippen molar-refractivity contribution in [2.24, 2.45) is 5.92 Å². The number of likely N-dealkylation sites (N-methyl/N-ethyl adjacent to an activating group) is 1. The number of hydrogen-bond acceptors (Lipinski definition) is 3. The van der Waals surface area contributed by atoms with Crippen molar-refractivity contribution < 1.29 is 4.79 Å². The molecule has 1 unspecified atom stereocenters. The molecule has 0 aromatic carbocycles. The van der Waals surface area contributed by atoms with E-state index in [-0.39, 0.29) is 11.9 Å². The molecule has 0 bridgehead atoms. The number of rotatable bonds is 5. The second kappa shape index (κ2) is 7.25. The lowest BCUT2D eigenvalue weighted by molar-refractivity contribution is -0.123. The van der Waals surface area contributed by atoms with Crippen LogP contribution in [0.15, 0.2) is 0 Å². The average Bonchev–Trinajstić information content (AvgIpc) is 2.93. The van der Waals surface area contributed by atoms with Crippen LogP contribution in [0.1, 0.15) is 44.9 Å². The zero-order chi connectivity index (χ0) is 13.7. The van der Waals surface area contributed by atoms with Crippen molar-refractivity contribution in [1.82, 2.24) is 15.5 Å². The molecule has 1 aliphatic heterocycles. The fraction of sp³-hybridized carbons (Fsp3) is 0.933. The maximum absolute atomic E-state index is 12.1. The maximum Gasteiger partial charge on any atom is 0.237 e. The Hall–Kier alpha value is -0.610. The Kier molecular flexibility index (Phi) is 5.64. The summed E-state index contributed by atoms with van der Waals surface area (Å²) in [6.07, 6.45) is 8.84. The van der Waals surface area contributed by atoms with Crippen LogP contribution in [0.3, 0.4) is 0 Å². The molecule has 2 rings (SSSR count). The summed E-state index contributed by atoms with van der Waals surface area (Å²) in [6.45, 7) is 1.78. The molecule has 2 N–H and O–H groups in total. The second-order valence-electron chi connectivity index (χ2n) is 6.32. The van der Waals surface area contributed by atoms with Gasteiger partial charge in [-0.3, -0.25) is 4.79 Å². The van der Waals surface area contributed by atoms with Crippen molar-refractivity contribution in [3.05, 3.63) is 0 Å². The molecule has 0 spiro atoms. The highest BCUT2D eigenvalue weighted by molar-refractivity contribution is 5.82. The molecule has 19 heavy (non-hydrogen) atoms. The summed E-state index contributed by atoms with van der Waals surface area (Å²) in [6, 6.07) is 0.542. The second-order valence-corrected chi connectivity index (χ2v) is 6.32. The van der Waals surface area contributed by atoms with Gasteiger partial charge in [-0.25, -0.2) is 0 Å². The molecule has 2 fully saturated rings. The first-order valence-electron chi connectivity index (χ1n) is 7.86. The lowest BCUT2D eigenvalue weighted by Crippen LogP contribution is -2.49. The summed E-state index contributed by atoms with van der Waals surface area (Å²) < 4.78 is 0. The van der Waals surface area contributed by atoms with Crippen molar-refractivity contribution >= 4 is 5.91 Å². The molecule has 0 aromatic heterocycles. The molecule has 110 valence electrons. The maximum atomic E-state index is 12.1. The third-order valence-electron chi connectivity index (χ3n) is 4.72. The molecule has 2 atom stereocenters. The van der Waals surface area contributed by atoms with E-state index in [0.29, 0.717) is 6.04 Å². The summed E-state index contributed by atoms with van der Waals surface area (Å²) >= 11 is 0. The van der Waals surface area contributed by atoms with Crippen LogP contribution in [-0.2, 0) is 4.79 Å². The largest absolute Gasteiger partial charge is 0.353 e. The standard InChI is InChI=1S/C15H29N3O/c1-18(2)14(12-7-4-3-5-8-12)11-17-15(19)13-9-6-10-16-13/h12-14,16H,3-11H2,1-2H3,(H,17,19)/t13-,14?/m0/s1. The van der Waals surface area contributed by atoms with E-state index in [1.54, 1.807) is 0 Å². The summed E-state index contributed by atoms with van der Waals surface area (Å²) in [5.41, 5.74) is 0. The molecule has 1 saturated heterocycles. The zero-order valence-corrected chi connectivity index (χ0v) is 12.5. The lowest BCUT2D eigenvalue weighted by atomic mass is 9.83. The van der Waals surface area contributed by atoms with Crippen molar-refractivity contribution in [3.63, 3.8) is 0 Å². The quantitative estimate of drug-likeness (QED) is 0.790. The minimum absolute atomic E-state index is 0.0502. The topological polar surface area (TPSA) is 44.4 Å². The fourth-order valence-corrected chi connectivity index (χ4v) is 3.53. The van der Waals surface area contributed by atoms with E-state index in [1.807, 2.05) is 0 Å². The van der Waals surface area contributed by atoms with Gasteiger partial charge in [-0.2, -0.15) is 0 Å². The van der Waals surface area contributed by atoms with E-state index >= 15 is 0 Å². The van der Waals surface area contributed by atoms with Gasteiger partial charge < -0.3 is 15.5 Å². The highest BCUT2D eigenvalue weighted by Gasteiger charge is 2.27.